The molecule has 0 atom stereocenters. The summed E-state index contributed by atoms with van der Waals surface area (Å²) in [6, 6.07) is 18.3. The van der Waals surface area contributed by atoms with Crippen molar-refractivity contribution in [3.8, 4) is 11.5 Å². The predicted octanol–water partition coefficient (Wildman–Crippen LogP) is 5.02. The van der Waals surface area contributed by atoms with Crippen molar-refractivity contribution in [2.45, 2.75) is 9.79 Å². The molecular weight excluding hydrogens is 346 g/mol. The molecule has 120 valence electrons. The number of sulfone groups is 1. The lowest BCUT2D eigenvalue weighted by molar-refractivity contribution is 0.479. The Kier molecular flexibility index (Phi) is 3.48. The summed E-state index contributed by atoms with van der Waals surface area (Å²) in [6.45, 7) is 0. The molecule has 0 saturated heterocycles. The average Bonchev–Trinajstić information content (AvgIpc) is 2.60. The Bertz CT molecular complexity index is 1030. The molecule has 4 rings (SSSR count). The molecule has 0 radical (unpaired) electrons. The van der Waals surface area contributed by atoms with Crippen molar-refractivity contribution in [2.75, 3.05) is 5.32 Å². The van der Waals surface area contributed by atoms with Crippen LogP contribution in [-0.4, -0.2) is 8.42 Å². The monoisotopic (exact) mass is 357 g/mol. The standard InChI is InChI=1S/C18H12ClNO3S/c19-12-6-9-17-16(10-12)20-15-8-7-14(11-18(15)23-17)24(21,22)13-4-2-1-3-5-13/h1-11,20H. The van der Waals surface area contributed by atoms with E-state index in [1.54, 1.807) is 60.7 Å². The van der Waals surface area contributed by atoms with Gasteiger partial charge in [-0.2, -0.15) is 0 Å². The summed E-state index contributed by atoms with van der Waals surface area (Å²) in [4.78, 5) is 0.438. The highest BCUT2D eigenvalue weighted by atomic mass is 35.5. The Morgan fingerprint density at radius 1 is 0.792 bits per heavy atom. The van der Waals surface area contributed by atoms with E-state index in [4.69, 9.17) is 16.3 Å². The molecule has 1 aliphatic heterocycles. The molecule has 0 bridgehead atoms. The SMILES string of the molecule is O=S(=O)(c1ccccc1)c1ccc2c(c1)Oc1ccc(Cl)cc1N2. The molecule has 0 spiro atoms. The summed E-state index contributed by atoms with van der Waals surface area (Å²) in [5.74, 6) is 1.06. The van der Waals surface area contributed by atoms with Gasteiger partial charge in [-0.25, -0.2) is 8.42 Å². The van der Waals surface area contributed by atoms with Crippen LogP contribution in [0.15, 0.2) is 76.5 Å². The van der Waals surface area contributed by atoms with Crippen molar-refractivity contribution in [3.05, 3.63) is 71.8 Å². The number of halogens is 1. The average molecular weight is 358 g/mol. The van der Waals surface area contributed by atoms with E-state index in [0.29, 0.717) is 22.2 Å². The van der Waals surface area contributed by atoms with Crippen molar-refractivity contribution in [2.24, 2.45) is 0 Å². The molecule has 0 aliphatic carbocycles. The quantitative estimate of drug-likeness (QED) is 0.547. The third-order valence-electron chi connectivity index (χ3n) is 3.75. The maximum Gasteiger partial charge on any atom is 0.206 e. The highest BCUT2D eigenvalue weighted by Crippen LogP contribution is 2.44. The fourth-order valence-electron chi connectivity index (χ4n) is 2.55. The second-order valence-corrected chi connectivity index (χ2v) is 7.73. The zero-order valence-corrected chi connectivity index (χ0v) is 13.9. The number of anilines is 2. The van der Waals surface area contributed by atoms with Crippen LogP contribution in [0.1, 0.15) is 0 Å². The lowest BCUT2D eigenvalue weighted by atomic mass is 10.2. The van der Waals surface area contributed by atoms with Crippen molar-refractivity contribution >= 4 is 32.8 Å². The van der Waals surface area contributed by atoms with E-state index in [1.807, 2.05) is 0 Å². The molecule has 24 heavy (non-hydrogen) atoms. The normalized spacial score (nSPS) is 12.5. The summed E-state index contributed by atoms with van der Waals surface area (Å²) in [5, 5.41) is 3.79. The van der Waals surface area contributed by atoms with Gasteiger partial charge in [-0.3, -0.25) is 0 Å². The minimum atomic E-state index is -3.59. The smallest absolute Gasteiger partial charge is 0.206 e. The van der Waals surface area contributed by atoms with Gasteiger partial charge in [0.05, 0.1) is 21.2 Å². The molecule has 3 aromatic rings. The number of fused-ring (bicyclic) bond motifs is 2. The first-order valence-electron chi connectivity index (χ1n) is 7.23. The molecule has 0 saturated carbocycles. The minimum absolute atomic E-state index is 0.187. The van der Waals surface area contributed by atoms with Gasteiger partial charge >= 0.3 is 0 Å². The molecule has 0 fully saturated rings. The van der Waals surface area contributed by atoms with E-state index in [-0.39, 0.29) is 9.79 Å². The fourth-order valence-corrected chi connectivity index (χ4v) is 4.01. The summed E-state index contributed by atoms with van der Waals surface area (Å²) < 4.78 is 31.3. The van der Waals surface area contributed by atoms with Crippen LogP contribution in [0.25, 0.3) is 0 Å². The summed E-state index contributed by atoms with van der Waals surface area (Å²) >= 11 is 5.98. The first-order valence-corrected chi connectivity index (χ1v) is 9.09. The zero-order valence-electron chi connectivity index (χ0n) is 12.4. The van der Waals surface area contributed by atoms with E-state index >= 15 is 0 Å². The van der Waals surface area contributed by atoms with Gasteiger partial charge in [0.25, 0.3) is 0 Å². The second-order valence-electron chi connectivity index (χ2n) is 5.34. The number of ether oxygens (including phenoxy) is 1. The molecule has 4 nitrogen and oxygen atoms in total. The largest absolute Gasteiger partial charge is 0.453 e. The van der Waals surface area contributed by atoms with E-state index in [9.17, 15) is 8.42 Å². The van der Waals surface area contributed by atoms with E-state index < -0.39 is 9.84 Å². The van der Waals surface area contributed by atoms with E-state index in [0.717, 1.165) is 5.69 Å². The minimum Gasteiger partial charge on any atom is -0.453 e. The van der Waals surface area contributed by atoms with Crippen LogP contribution in [0.4, 0.5) is 11.4 Å². The van der Waals surface area contributed by atoms with Gasteiger partial charge in [-0.05, 0) is 42.5 Å². The Labute approximate surface area is 144 Å². The molecule has 1 heterocycles. The van der Waals surface area contributed by atoms with Crippen LogP contribution < -0.4 is 10.1 Å². The number of hydrogen-bond acceptors (Lipinski definition) is 4. The van der Waals surface area contributed by atoms with Crippen molar-refractivity contribution in [1.82, 2.24) is 0 Å². The topological polar surface area (TPSA) is 55.4 Å². The van der Waals surface area contributed by atoms with Gasteiger partial charge in [0, 0.05) is 11.1 Å². The van der Waals surface area contributed by atoms with Gasteiger partial charge in [-0.15, -0.1) is 0 Å². The number of hydrogen-bond donors (Lipinski definition) is 1. The lowest BCUT2D eigenvalue weighted by Crippen LogP contribution is -2.06. The van der Waals surface area contributed by atoms with Gasteiger partial charge in [0.2, 0.25) is 9.84 Å². The number of nitrogens with one attached hydrogen (secondary N) is 1. The van der Waals surface area contributed by atoms with Crippen LogP contribution >= 0.6 is 11.6 Å². The van der Waals surface area contributed by atoms with Crippen molar-refractivity contribution in [3.63, 3.8) is 0 Å². The number of rotatable bonds is 2. The van der Waals surface area contributed by atoms with E-state index in [2.05, 4.69) is 5.32 Å². The van der Waals surface area contributed by atoms with Gasteiger partial charge in [0.15, 0.2) is 11.5 Å². The molecule has 0 unspecified atom stereocenters. The second kappa shape index (κ2) is 5.54. The maximum absolute atomic E-state index is 12.7. The van der Waals surface area contributed by atoms with Gasteiger partial charge in [0.1, 0.15) is 0 Å². The van der Waals surface area contributed by atoms with Crippen molar-refractivity contribution in [1.29, 1.82) is 0 Å². The Morgan fingerprint density at radius 2 is 1.58 bits per heavy atom. The molecule has 6 heteroatoms. The lowest BCUT2D eigenvalue weighted by Gasteiger charge is -2.22. The summed E-state index contributed by atoms with van der Waals surface area (Å²) in [5.41, 5.74) is 1.44. The fraction of sp³-hybridized carbons (Fsp3) is 0. The van der Waals surface area contributed by atoms with Crippen molar-refractivity contribution < 1.29 is 13.2 Å². The Balaban J connectivity index is 1.76. The van der Waals surface area contributed by atoms with Crippen LogP contribution in [0, 0.1) is 0 Å². The molecule has 1 aliphatic rings. The Hall–Kier alpha value is -2.50. The number of benzene rings is 3. The first-order chi connectivity index (χ1) is 11.5. The van der Waals surface area contributed by atoms with Crippen LogP contribution in [0.2, 0.25) is 5.02 Å². The highest BCUT2D eigenvalue weighted by molar-refractivity contribution is 7.91. The Morgan fingerprint density at radius 3 is 2.38 bits per heavy atom. The molecule has 3 aromatic carbocycles. The van der Waals surface area contributed by atoms with Gasteiger partial charge < -0.3 is 10.1 Å². The van der Waals surface area contributed by atoms with Crippen LogP contribution in [0.5, 0.6) is 11.5 Å². The zero-order chi connectivity index (χ0) is 16.7. The third-order valence-corrected chi connectivity index (χ3v) is 5.75. The van der Waals surface area contributed by atoms with Crippen LogP contribution in [-0.2, 0) is 9.84 Å². The highest BCUT2D eigenvalue weighted by Gasteiger charge is 2.22. The third kappa shape index (κ3) is 2.52. The molecule has 0 aromatic heterocycles. The van der Waals surface area contributed by atoms with E-state index in [1.165, 1.54) is 6.07 Å². The van der Waals surface area contributed by atoms with Gasteiger partial charge in [-0.1, -0.05) is 29.8 Å². The van der Waals surface area contributed by atoms with Crippen LogP contribution in [0.3, 0.4) is 0 Å². The summed E-state index contributed by atoms with van der Waals surface area (Å²) in [7, 11) is -3.59. The molecule has 0 amide bonds. The first kappa shape index (κ1) is 15.1. The predicted molar refractivity (Wildman–Crippen MR) is 93.1 cm³/mol. The summed E-state index contributed by atoms with van der Waals surface area (Å²) in [6.07, 6.45) is 0. The molecular formula is C18H12ClNO3S. The maximum atomic E-state index is 12.7. The molecule has 1 N–H and O–H groups in total.